The van der Waals surface area contributed by atoms with Crippen molar-refractivity contribution in [3.8, 4) is 5.69 Å². The predicted octanol–water partition coefficient (Wildman–Crippen LogP) is 2.30. The van der Waals surface area contributed by atoms with Gasteiger partial charge in [-0.1, -0.05) is 18.2 Å². The molecule has 0 fully saturated rings. The second-order valence-electron chi connectivity index (χ2n) is 4.99. The van der Waals surface area contributed by atoms with E-state index in [0.29, 0.717) is 5.56 Å². The van der Waals surface area contributed by atoms with Gasteiger partial charge in [0.05, 0.1) is 5.56 Å². The molecule has 2 aromatic rings. The van der Waals surface area contributed by atoms with Gasteiger partial charge in [-0.05, 0) is 39.0 Å². The van der Waals surface area contributed by atoms with Gasteiger partial charge in [-0.25, -0.2) is 0 Å². The van der Waals surface area contributed by atoms with Gasteiger partial charge >= 0.3 is 5.97 Å². The fourth-order valence-corrected chi connectivity index (χ4v) is 2.30. The standard InChI is InChI=1S/C16H18N2O3/c1-10-9-14(15(19)17-11(2)16(20)21)12(3)18(10)13-7-5-4-6-8-13/h4-9,11H,1-3H3,(H,17,19)(H,20,21). The molecule has 0 aliphatic rings. The molecule has 1 heterocycles. The fourth-order valence-electron chi connectivity index (χ4n) is 2.30. The average Bonchev–Trinajstić information content (AvgIpc) is 2.74. The van der Waals surface area contributed by atoms with Crippen molar-refractivity contribution in [2.24, 2.45) is 0 Å². The molecule has 21 heavy (non-hydrogen) atoms. The van der Waals surface area contributed by atoms with Crippen LogP contribution in [0.25, 0.3) is 5.69 Å². The Kier molecular flexibility index (Phi) is 4.12. The molecule has 1 aromatic carbocycles. The summed E-state index contributed by atoms with van der Waals surface area (Å²) in [7, 11) is 0. The first-order chi connectivity index (χ1) is 9.91. The van der Waals surface area contributed by atoms with Crippen LogP contribution in [-0.2, 0) is 4.79 Å². The molecule has 5 heteroatoms. The molecule has 110 valence electrons. The lowest BCUT2D eigenvalue weighted by Gasteiger charge is -2.11. The van der Waals surface area contributed by atoms with E-state index in [2.05, 4.69) is 5.32 Å². The molecule has 1 unspecified atom stereocenters. The van der Waals surface area contributed by atoms with Crippen LogP contribution < -0.4 is 5.32 Å². The highest BCUT2D eigenvalue weighted by Gasteiger charge is 2.20. The molecule has 0 saturated heterocycles. The molecular weight excluding hydrogens is 268 g/mol. The molecule has 0 spiro atoms. The average molecular weight is 286 g/mol. The van der Waals surface area contributed by atoms with Gasteiger partial charge in [0.25, 0.3) is 5.91 Å². The number of nitrogens with one attached hydrogen (secondary N) is 1. The molecule has 0 bridgehead atoms. The van der Waals surface area contributed by atoms with E-state index in [-0.39, 0.29) is 5.91 Å². The lowest BCUT2D eigenvalue weighted by Crippen LogP contribution is -2.38. The van der Waals surface area contributed by atoms with Gasteiger partial charge in [-0.15, -0.1) is 0 Å². The summed E-state index contributed by atoms with van der Waals surface area (Å²) in [6.07, 6.45) is 0. The number of nitrogens with zero attached hydrogens (tertiary/aromatic N) is 1. The Balaban J connectivity index is 2.36. The second kappa shape index (κ2) is 5.83. The molecule has 1 atom stereocenters. The van der Waals surface area contributed by atoms with Gasteiger partial charge in [0, 0.05) is 17.1 Å². The van der Waals surface area contributed by atoms with Crippen LogP contribution in [0.4, 0.5) is 0 Å². The Hall–Kier alpha value is -2.56. The van der Waals surface area contributed by atoms with Crippen LogP contribution in [0.3, 0.4) is 0 Å². The highest BCUT2D eigenvalue weighted by Crippen LogP contribution is 2.20. The summed E-state index contributed by atoms with van der Waals surface area (Å²) in [5.74, 6) is -1.43. The molecule has 0 radical (unpaired) electrons. The Bertz CT molecular complexity index is 674. The number of aryl methyl sites for hydroxylation is 1. The zero-order valence-electron chi connectivity index (χ0n) is 12.3. The predicted molar refractivity (Wildman–Crippen MR) is 79.8 cm³/mol. The van der Waals surface area contributed by atoms with Crippen molar-refractivity contribution in [1.82, 2.24) is 9.88 Å². The third-order valence-corrected chi connectivity index (χ3v) is 3.41. The first-order valence-electron chi connectivity index (χ1n) is 6.70. The van der Waals surface area contributed by atoms with Crippen LogP contribution in [-0.4, -0.2) is 27.6 Å². The lowest BCUT2D eigenvalue weighted by molar-refractivity contribution is -0.138. The molecule has 2 N–H and O–H groups in total. The van der Waals surface area contributed by atoms with E-state index in [9.17, 15) is 9.59 Å². The van der Waals surface area contributed by atoms with Gasteiger partial charge in [-0.2, -0.15) is 0 Å². The fraction of sp³-hybridized carbons (Fsp3) is 0.250. The number of carboxylic acid groups (broad SMARTS) is 1. The van der Waals surface area contributed by atoms with Crippen LogP contribution in [0, 0.1) is 13.8 Å². The maximum Gasteiger partial charge on any atom is 0.325 e. The normalized spacial score (nSPS) is 12.0. The topological polar surface area (TPSA) is 71.3 Å². The largest absolute Gasteiger partial charge is 0.480 e. The molecular formula is C16H18N2O3. The zero-order valence-corrected chi connectivity index (χ0v) is 12.3. The minimum absolute atomic E-state index is 0.375. The van der Waals surface area contributed by atoms with Crippen molar-refractivity contribution >= 4 is 11.9 Å². The number of aromatic nitrogens is 1. The summed E-state index contributed by atoms with van der Waals surface area (Å²) in [5, 5.41) is 11.3. The van der Waals surface area contributed by atoms with Crippen molar-refractivity contribution in [3.63, 3.8) is 0 Å². The number of para-hydroxylation sites is 1. The van der Waals surface area contributed by atoms with Crippen LogP contribution in [0.1, 0.15) is 28.7 Å². The number of carboxylic acids is 1. The van der Waals surface area contributed by atoms with E-state index in [1.807, 2.05) is 48.7 Å². The third-order valence-electron chi connectivity index (χ3n) is 3.41. The molecule has 0 aliphatic carbocycles. The number of benzene rings is 1. The van der Waals surface area contributed by atoms with Crippen LogP contribution in [0.5, 0.6) is 0 Å². The SMILES string of the molecule is Cc1cc(C(=O)NC(C)C(=O)O)c(C)n1-c1ccccc1. The van der Waals surface area contributed by atoms with E-state index in [1.165, 1.54) is 6.92 Å². The Morgan fingerprint density at radius 3 is 2.38 bits per heavy atom. The maximum absolute atomic E-state index is 12.2. The van der Waals surface area contributed by atoms with E-state index < -0.39 is 12.0 Å². The first-order valence-corrected chi connectivity index (χ1v) is 6.70. The maximum atomic E-state index is 12.2. The summed E-state index contributed by atoms with van der Waals surface area (Å²) in [5.41, 5.74) is 3.17. The van der Waals surface area contributed by atoms with Crippen LogP contribution in [0.15, 0.2) is 36.4 Å². The monoisotopic (exact) mass is 286 g/mol. The molecule has 0 aliphatic heterocycles. The van der Waals surface area contributed by atoms with Crippen molar-refractivity contribution < 1.29 is 14.7 Å². The zero-order chi connectivity index (χ0) is 15.6. The molecule has 1 amide bonds. The summed E-state index contributed by atoms with van der Waals surface area (Å²) >= 11 is 0. The third kappa shape index (κ3) is 2.97. The number of hydrogen-bond acceptors (Lipinski definition) is 2. The highest BCUT2D eigenvalue weighted by atomic mass is 16.4. The Morgan fingerprint density at radius 1 is 1.19 bits per heavy atom. The van der Waals surface area contributed by atoms with Gasteiger partial charge in [-0.3, -0.25) is 9.59 Å². The van der Waals surface area contributed by atoms with Crippen molar-refractivity contribution in [3.05, 3.63) is 53.3 Å². The quantitative estimate of drug-likeness (QED) is 0.906. The molecule has 2 rings (SSSR count). The van der Waals surface area contributed by atoms with E-state index in [4.69, 9.17) is 5.11 Å². The van der Waals surface area contributed by atoms with Gasteiger partial charge < -0.3 is 15.0 Å². The second-order valence-corrected chi connectivity index (χ2v) is 4.99. The summed E-state index contributed by atoms with van der Waals surface area (Å²) in [6.45, 7) is 5.20. The number of hydrogen-bond donors (Lipinski definition) is 2. The number of rotatable bonds is 4. The van der Waals surface area contributed by atoms with Gasteiger partial charge in [0.2, 0.25) is 0 Å². The number of aliphatic carboxylic acids is 1. The molecule has 5 nitrogen and oxygen atoms in total. The van der Waals surface area contributed by atoms with E-state index >= 15 is 0 Å². The smallest absolute Gasteiger partial charge is 0.325 e. The first kappa shape index (κ1) is 14.8. The number of carbonyl (C=O) groups is 2. The summed E-state index contributed by atoms with van der Waals surface area (Å²) < 4.78 is 1.97. The Labute approximate surface area is 123 Å². The summed E-state index contributed by atoms with van der Waals surface area (Å²) in [4.78, 5) is 23.0. The van der Waals surface area contributed by atoms with Gasteiger partial charge in [0.1, 0.15) is 6.04 Å². The number of carbonyl (C=O) groups excluding carboxylic acids is 1. The Morgan fingerprint density at radius 2 is 1.81 bits per heavy atom. The lowest BCUT2D eigenvalue weighted by atomic mass is 10.2. The highest BCUT2D eigenvalue weighted by molar-refractivity contribution is 5.98. The van der Waals surface area contributed by atoms with Crippen molar-refractivity contribution in [2.75, 3.05) is 0 Å². The van der Waals surface area contributed by atoms with Gasteiger partial charge in [0.15, 0.2) is 0 Å². The van der Waals surface area contributed by atoms with E-state index in [1.54, 1.807) is 6.07 Å². The van der Waals surface area contributed by atoms with Crippen molar-refractivity contribution in [2.45, 2.75) is 26.8 Å². The van der Waals surface area contributed by atoms with Crippen LogP contribution >= 0.6 is 0 Å². The molecule has 0 saturated carbocycles. The van der Waals surface area contributed by atoms with E-state index in [0.717, 1.165) is 17.1 Å². The minimum atomic E-state index is -1.06. The number of amides is 1. The summed E-state index contributed by atoms with van der Waals surface area (Å²) in [6, 6.07) is 10.6. The van der Waals surface area contributed by atoms with Crippen LogP contribution in [0.2, 0.25) is 0 Å². The molecule has 1 aromatic heterocycles. The minimum Gasteiger partial charge on any atom is -0.480 e. The van der Waals surface area contributed by atoms with Crippen molar-refractivity contribution in [1.29, 1.82) is 0 Å².